The molecule has 3 aliphatic rings. The number of benzene rings is 2. The average Bonchev–Trinajstić information content (AvgIpc) is 3.03. The molecule has 1 saturated heterocycles. The van der Waals surface area contributed by atoms with Crippen LogP contribution in [0.3, 0.4) is 0 Å². The zero-order valence-corrected chi connectivity index (χ0v) is 27.5. The molecule has 3 fully saturated rings. The number of urea groups is 1. The molecule has 1 aliphatic heterocycles. The third kappa shape index (κ3) is 8.08. The first kappa shape index (κ1) is 32.6. The highest BCUT2D eigenvalue weighted by atomic mass is 35.5. The van der Waals surface area contributed by atoms with E-state index in [0.717, 1.165) is 50.5 Å². The molecular weight excluding hydrogens is 572 g/mol. The largest absolute Gasteiger partial charge is 0.508 e. The SMILES string of the molecule is CC1CN(C(=O)[C@@H](Cc2ccc(Cl)cc2)NC2CCC(c3ccc(O)cc3)CC2)CCC1N(C(=O)N(C)C)C1CCCCC1. The van der Waals surface area contributed by atoms with Crippen molar-refractivity contribution in [2.75, 3.05) is 27.2 Å². The average molecular weight is 623 g/mol. The Morgan fingerprint density at radius 3 is 2.20 bits per heavy atom. The van der Waals surface area contributed by atoms with Crippen LogP contribution >= 0.6 is 11.6 Å². The maximum absolute atomic E-state index is 14.3. The summed E-state index contributed by atoms with van der Waals surface area (Å²) < 4.78 is 0. The van der Waals surface area contributed by atoms with Crippen molar-refractivity contribution in [2.45, 2.75) is 108 Å². The second-order valence-corrected chi connectivity index (χ2v) is 14.1. The lowest BCUT2D eigenvalue weighted by atomic mass is 9.81. The fourth-order valence-corrected chi connectivity index (χ4v) is 7.95. The Labute approximate surface area is 268 Å². The topological polar surface area (TPSA) is 76.1 Å². The van der Waals surface area contributed by atoms with Gasteiger partial charge in [0.25, 0.3) is 0 Å². The summed E-state index contributed by atoms with van der Waals surface area (Å²) in [6.45, 7) is 3.55. The van der Waals surface area contributed by atoms with Gasteiger partial charge < -0.3 is 25.1 Å². The Balaban J connectivity index is 1.26. The van der Waals surface area contributed by atoms with Gasteiger partial charge in [-0.15, -0.1) is 0 Å². The number of hydrogen-bond acceptors (Lipinski definition) is 4. The van der Waals surface area contributed by atoms with E-state index in [-0.39, 0.29) is 36.0 Å². The Morgan fingerprint density at radius 1 is 0.932 bits per heavy atom. The molecule has 3 amide bonds. The first-order valence-electron chi connectivity index (χ1n) is 16.8. The molecule has 2 aromatic rings. The van der Waals surface area contributed by atoms with E-state index >= 15 is 0 Å². The van der Waals surface area contributed by atoms with Crippen molar-refractivity contribution in [1.29, 1.82) is 0 Å². The van der Waals surface area contributed by atoms with E-state index in [9.17, 15) is 14.7 Å². The minimum Gasteiger partial charge on any atom is -0.508 e. The van der Waals surface area contributed by atoms with Crippen LogP contribution in [0.25, 0.3) is 0 Å². The number of nitrogens with one attached hydrogen (secondary N) is 1. The summed E-state index contributed by atoms with van der Waals surface area (Å²) in [4.78, 5) is 33.6. The third-order valence-corrected chi connectivity index (χ3v) is 10.5. The number of likely N-dealkylation sites (tertiary alicyclic amines) is 1. The quantitative estimate of drug-likeness (QED) is 0.339. The van der Waals surface area contributed by atoms with Crippen LogP contribution in [0.15, 0.2) is 48.5 Å². The van der Waals surface area contributed by atoms with E-state index in [2.05, 4.69) is 22.0 Å². The summed E-state index contributed by atoms with van der Waals surface area (Å²) in [5.74, 6) is 1.15. The molecular formula is C36H51ClN4O3. The van der Waals surface area contributed by atoms with Crippen LogP contribution in [0.2, 0.25) is 5.02 Å². The number of piperidine rings is 1. The third-order valence-electron chi connectivity index (χ3n) is 10.3. The lowest BCUT2D eigenvalue weighted by Crippen LogP contribution is -2.60. The second-order valence-electron chi connectivity index (χ2n) is 13.7. The molecule has 240 valence electrons. The maximum Gasteiger partial charge on any atom is 0.319 e. The number of amides is 3. The Kier molecular flexibility index (Phi) is 11.1. The summed E-state index contributed by atoms with van der Waals surface area (Å²) in [5, 5.41) is 14.2. The van der Waals surface area contributed by atoms with Crippen molar-refractivity contribution in [3.8, 4) is 5.75 Å². The molecule has 44 heavy (non-hydrogen) atoms. The molecule has 8 heteroatoms. The summed E-state index contributed by atoms with van der Waals surface area (Å²) in [5.41, 5.74) is 2.38. The molecule has 2 aliphatic carbocycles. The van der Waals surface area contributed by atoms with Gasteiger partial charge in [0.1, 0.15) is 5.75 Å². The lowest BCUT2D eigenvalue weighted by molar-refractivity contribution is -0.136. The van der Waals surface area contributed by atoms with Gasteiger partial charge in [0.2, 0.25) is 5.91 Å². The first-order valence-corrected chi connectivity index (χ1v) is 17.1. The number of rotatable bonds is 8. The van der Waals surface area contributed by atoms with E-state index < -0.39 is 0 Å². The van der Waals surface area contributed by atoms with Crippen molar-refractivity contribution in [3.05, 3.63) is 64.7 Å². The van der Waals surface area contributed by atoms with E-state index in [4.69, 9.17) is 11.6 Å². The second kappa shape index (κ2) is 15.0. The molecule has 2 saturated carbocycles. The number of hydrogen-bond donors (Lipinski definition) is 2. The maximum atomic E-state index is 14.3. The smallest absolute Gasteiger partial charge is 0.319 e. The van der Waals surface area contributed by atoms with Gasteiger partial charge in [-0.25, -0.2) is 4.79 Å². The molecule has 2 N–H and O–H groups in total. The predicted molar refractivity (Wildman–Crippen MR) is 177 cm³/mol. The number of carbonyl (C=O) groups excluding carboxylic acids is 2. The molecule has 0 bridgehead atoms. The number of carbonyl (C=O) groups is 2. The fourth-order valence-electron chi connectivity index (χ4n) is 7.82. The van der Waals surface area contributed by atoms with Crippen LogP contribution in [0.1, 0.15) is 88.2 Å². The summed E-state index contributed by atoms with van der Waals surface area (Å²) in [6.07, 6.45) is 11.3. The Morgan fingerprint density at radius 2 is 1.59 bits per heavy atom. The predicted octanol–water partition coefficient (Wildman–Crippen LogP) is 6.83. The van der Waals surface area contributed by atoms with E-state index in [1.54, 1.807) is 17.0 Å². The molecule has 0 spiro atoms. The highest BCUT2D eigenvalue weighted by Crippen LogP contribution is 2.35. The Hall–Kier alpha value is -2.77. The van der Waals surface area contributed by atoms with Crippen molar-refractivity contribution >= 4 is 23.5 Å². The highest BCUT2D eigenvalue weighted by Gasteiger charge is 2.40. The van der Waals surface area contributed by atoms with Crippen LogP contribution in [0.5, 0.6) is 5.75 Å². The molecule has 5 rings (SSSR count). The number of phenolic OH excluding ortho intramolecular Hbond substituents is 1. The first-order chi connectivity index (χ1) is 21.2. The van der Waals surface area contributed by atoms with Gasteiger partial charge in [0.15, 0.2) is 0 Å². The summed E-state index contributed by atoms with van der Waals surface area (Å²) >= 11 is 6.18. The van der Waals surface area contributed by atoms with Gasteiger partial charge in [-0.2, -0.15) is 0 Å². The fraction of sp³-hybridized carbons (Fsp3) is 0.611. The van der Waals surface area contributed by atoms with Crippen LogP contribution in [0.4, 0.5) is 4.79 Å². The monoisotopic (exact) mass is 622 g/mol. The standard InChI is InChI=1S/C36H51ClN4O3/c1-25-24-40(22-21-34(25)41(36(44)39(2)3)31-7-5-4-6-8-31)35(43)33(23-26-9-15-29(37)16-10-26)38-30-17-11-27(12-18-30)28-13-19-32(42)20-14-28/h9-10,13-16,19-20,25,27,30-31,33-34,38,42H,4-8,11-12,17-18,21-24H2,1-3H3/t25?,27?,30?,33-,34?/m1/s1. The summed E-state index contributed by atoms with van der Waals surface area (Å²) in [7, 11) is 3.71. The molecule has 0 aromatic heterocycles. The summed E-state index contributed by atoms with van der Waals surface area (Å²) in [6, 6.07) is 16.0. The minimum atomic E-state index is -0.312. The Bertz CT molecular complexity index is 1220. The van der Waals surface area contributed by atoms with Gasteiger partial charge in [-0.1, -0.05) is 62.1 Å². The molecule has 7 nitrogen and oxygen atoms in total. The van der Waals surface area contributed by atoms with Gasteiger partial charge in [0, 0.05) is 50.3 Å². The number of nitrogens with zero attached hydrogens (tertiary/aromatic N) is 3. The zero-order valence-electron chi connectivity index (χ0n) is 26.8. The van der Waals surface area contributed by atoms with Crippen LogP contribution in [0, 0.1) is 5.92 Å². The van der Waals surface area contributed by atoms with Crippen LogP contribution in [-0.2, 0) is 11.2 Å². The zero-order chi connectivity index (χ0) is 31.2. The molecule has 2 aromatic carbocycles. The van der Waals surface area contributed by atoms with Crippen molar-refractivity contribution in [2.24, 2.45) is 5.92 Å². The molecule has 1 heterocycles. The van der Waals surface area contributed by atoms with Crippen molar-refractivity contribution < 1.29 is 14.7 Å². The van der Waals surface area contributed by atoms with Crippen LogP contribution in [-0.4, -0.2) is 83.1 Å². The van der Waals surface area contributed by atoms with E-state index in [1.165, 1.54) is 24.8 Å². The normalized spacial score (nSPS) is 25.3. The van der Waals surface area contributed by atoms with Crippen molar-refractivity contribution in [1.82, 2.24) is 20.0 Å². The van der Waals surface area contributed by atoms with Gasteiger partial charge in [0.05, 0.1) is 6.04 Å². The number of halogens is 1. The van der Waals surface area contributed by atoms with Gasteiger partial charge >= 0.3 is 6.03 Å². The molecule has 3 atom stereocenters. The lowest BCUT2D eigenvalue weighted by Gasteiger charge is -2.48. The minimum absolute atomic E-state index is 0.110. The molecule has 0 radical (unpaired) electrons. The van der Waals surface area contributed by atoms with E-state index in [0.29, 0.717) is 42.2 Å². The highest BCUT2D eigenvalue weighted by molar-refractivity contribution is 6.30. The molecule has 2 unspecified atom stereocenters. The van der Waals surface area contributed by atoms with Crippen LogP contribution < -0.4 is 5.32 Å². The van der Waals surface area contributed by atoms with E-state index in [1.807, 2.05) is 50.5 Å². The number of phenols is 1. The van der Waals surface area contributed by atoms with Gasteiger partial charge in [-0.3, -0.25) is 4.79 Å². The number of aromatic hydroxyl groups is 1. The van der Waals surface area contributed by atoms with Gasteiger partial charge in [-0.05, 0) is 98.6 Å². The van der Waals surface area contributed by atoms with Crippen molar-refractivity contribution in [3.63, 3.8) is 0 Å².